The van der Waals surface area contributed by atoms with Gasteiger partial charge in [-0.25, -0.2) is 0 Å². The van der Waals surface area contributed by atoms with Gasteiger partial charge in [0.05, 0.1) is 5.69 Å². The van der Waals surface area contributed by atoms with Gasteiger partial charge in [-0.2, -0.15) is 10.4 Å². The highest BCUT2D eigenvalue weighted by Gasteiger charge is 2.22. The van der Waals surface area contributed by atoms with Crippen LogP contribution in [0.2, 0.25) is 0 Å². The summed E-state index contributed by atoms with van der Waals surface area (Å²) in [5, 5.41) is 17.8. The standard InChI is InChI=1S/C15H24N6/c1-12-13(2)17-18-15(14(12)11-16)21-9-7-20(8-10-21)6-5-19(3)4/h5-10H2,1-4H3. The summed E-state index contributed by atoms with van der Waals surface area (Å²) in [7, 11) is 4.19. The number of aromatic nitrogens is 2. The van der Waals surface area contributed by atoms with Gasteiger partial charge in [-0.05, 0) is 33.5 Å². The second-order valence-electron chi connectivity index (χ2n) is 5.85. The SMILES string of the molecule is Cc1nnc(N2CCN(CCN(C)C)CC2)c(C#N)c1C. The molecule has 1 fully saturated rings. The van der Waals surface area contributed by atoms with E-state index in [0.29, 0.717) is 5.56 Å². The zero-order valence-corrected chi connectivity index (χ0v) is 13.4. The zero-order chi connectivity index (χ0) is 15.4. The summed E-state index contributed by atoms with van der Waals surface area (Å²) in [6.45, 7) is 9.82. The van der Waals surface area contributed by atoms with E-state index in [-0.39, 0.29) is 0 Å². The Bertz CT molecular complexity index is 526. The van der Waals surface area contributed by atoms with Crippen molar-refractivity contribution in [3.63, 3.8) is 0 Å². The average molecular weight is 288 g/mol. The van der Waals surface area contributed by atoms with Crippen LogP contribution in [0, 0.1) is 25.2 Å². The van der Waals surface area contributed by atoms with Gasteiger partial charge in [0.25, 0.3) is 0 Å². The summed E-state index contributed by atoms with van der Waals surface area (Å²) in [6.07, 6.45) is 0. The first kappa shape index (κ1) is 15.7. The minimum Gasteiger partial charge on any atom is -0.351 e. The lowest BCUT2D eigenvalue weighted by molar-refractivity contribution is 0.229. The van der Waals surface area contributed by atoms with E-state index in [2.05, 4.69) is 45.1 Å². The molecule has 0 N–H and O–H groups in total. The first-order valence-electron chi connectivity index (χ1n) is 7.39. The Hall–Kier alpha value is -1.71. The summed E-state index contributed by atoms with van der Waals surface area (Å²) in [5.41, 5.74) is 2.45. The largest absolute Gasteiger partial charge is 0.351 e. The maximum atomic E-state index is 9.39. The van der Waals surface area contributed by atoms with E-state index >= 15 is 0 Å². The first-order chi connectivity index (χ1) is 10.0. The molecule has 0 aliphatic carbocycles. The maximum absolute atomic E-state index is 9.39. The van der Waals surface area contributed by atoms with E-state index in [0.717, 1.165) is 56.3 Å². The van der Waals surface area contributed by atoms with Crippen molar-refractivity contribution < 1.29 is 0 Å². The predicted molar refractivity (Wildman–Crippen MR) is 83.4 cm³/mol. The van der Waals surface area contributed by atoms with Crippen LogP contribution in [0.5, 0.6) is 0 Å². The lowest BCUT2D eigenvalue weighted by atomic mass is 10.1. The molecule has 0 aromatic carbocycles. The Labute approximate surface area is 127 Å². The predicted octanol–water partition coefficient (Wildman–Crippen LogP) is 0.649. The van der Waals surface area contributed by atoms with Crippen LogP contribution in [0.15, 0.2) is 0 Å². The molecule has 0 radical (unpaired) electrons. The lowest BCUT2D eigenvalue weighted by Crippen LogP contribution is -2.48. The second-order valence-corrected chi connectivity index (χ2v) is 5.85. The third kappa shape index (κ3) is 3.69. The van der Waals surface area contributed by atoms with E-state index in [4.69, 9.17) is 0 Å². The normalized spacial score (nSPS) is 16.3. The highest BCUT2D eigenvalue weighted by molar-refractivity contribution is 5.57. The van der Waals surface area contributed by atoms with Crippen LogP contribution in [0.1, 0.15) is 16.8 Å². The van der Waals surface area contributed by atoms with Gasteiger partial charge in [0.15, 0.2) is 5.82 Å². The molecule has 1 aliphatic rings. The van der Waals surface area contributed by atoms with Gasteiger partial charge in [0.1, 0.15) is 11.6 Å². The Morgan fingerprint density at radius 1 is 1.14 bits per heavy atom. The fourth-order valence-electron chi connectivity index (χ4n) is 2.48. The first-order valence-corrected chi connectivity index (χ1v) is 7.39. The van der Waals surface area contributed by atoms with Crippen LogP contribution in [0.3, 0.4) is 0 Å². The molecule has 114 valence electrons. The number of aryl methyl sites for hydroxylation is 1. The van der Waals surface area contributed by atoms with Crippen LogP contribution in [0.4, 0.5) is 5.82 Å². The summed E-state index contributed by atoms with van der Waals surface area (Å²) in [6, 6.07) is 2.29. The molecule has 21 heavy (non-hydrogen) atoms. The van der Waals surface area contributed by atoms with E-state index in [1.165, 1.54) is 0 Å². The molecule has 0 bridgehead atoms. The number of nitriles is 1. The Morgan fingerprint density at radius 3 is 2.38 bits per heavy atom. The Balaban J connectivity index is 2.03. The highest BCUT2D eigenvalue weighted by atomic mass is 15.3. The summed E-state index contributed by atoms with van der Waals surface area (Å²) in [5.74, 6) is 0.743. The monoisotopic (exact) mass is 288 g/mol. The van der Waals surface area contributed by atoms with Gasteiger partial charge in [-0.3, -0.25) is 4.90 Å². The molecule has 2 rings (SSSR count). The van der Waals surface area contributed by atoms with Crippen molar-refractivity contribution in [2.45, 2.75) is 13.8 Å². The Kier molecular flexibility index (Phi) is 5.10. The molecule has 0 saturated carbocycles. The third-order valence-electron chi connectivity index (χ3n) is 4.08. The number of hydrogen-bond acceptors (Lipinski definition) is 6. The molecule has 0 spiro atoms. The molecule has 6 heteroatoms. The van der Waals surface area contributed by atoms with Crippen LogP contribution < -0.4 is 4.90 Å². The fourth-order valence-corrected chi connectivity index (χ4v) is 2.48. The van der Waals surface area contributed by atoms with Gasteiger partial charge >= 0.3 is 0 Å². The van der Waals surface area contributed by atoms with Crippen LogP contribution in [0.25, 0.3) is 0 Å². The van der Waals surface area contributed by atoms with E-state index in [1.54, 1.807) is 0 Å². The molecular weight excluding hydrogens is 264 g/mol. The Morgan fingerprint density at radius 2 is 1.81 bits per heavy atom. The molecule has 1 aliphatic heterocycles. The van der Waals surface area contributed by atoms with E-state index in [1.807, 2.05) is 13.8 Å². The van der Waals surface area contributed by atoms with Crippen LogP contribution in [-0.2, 0) is 0 Å². The van der Waals surface area contributed by atoms with Crippen molar-refractivity contribution in [3.8, 4) is 6.07 Å². The third-order valence-corrected chi connectivity index (χ3v) is 4.08. The van der Waals surface area contributed by atoms with Crippen molar-refractivity contribution in [2.75, 3.05) is 58.3 Å². The van der Waals surface area contributed by atoms with Crippen LogP contribution in [-0.4, -0.2) is 73.4 Å². The molecule has 1 aromatic heterocycles. The zero-order valence-electron chi connectivity index (χ0n) is 13.4. The van der Waals surface area contributed by atoms with Crippen molar-refractivity contribution in [1.29, 1.82) is 5.26 Å². The molecule has 0 atom stereocenters. The maximum Gasteiger partial charge on any atom is 0.169 e. The minimum absolute atomic E-state index is 0.671. The molecule has 6 nitrogen and oxygen atoms in total. The van der Waals surface area contributed by atoms with E-state index in [9.17, 15) is 5.26 Å². The van der Waals surface area contributed by atoms with Gasteiger partial charge in [0, 0.05) is 39.3 Å². The molecular formula is C15H24N6. The molecule has 2 heterocycles. The lowest BCUT2D eigenvalue weighted by Gasteiger charge is -2.36. The molecule has 1 aromatic rings. The fraction of sp³-hybridized carbons (Fsp3) is 0.667. The highest BCUT2D eigenvalue weighted by Crippen LogP contribution is 2.22. The van der Waals surface area contributed by atoms with Crippen molar-refractivity contribution in [2.24, 2.45) is 0 Å². The van der Waals surface area contributed by atoms with Crippen molar-refractivity contribution in [1.82, 2.24) is 20.0 Å². The smallest absolute Gasteiger partial charge is 0.169 e. The van der Waals surface area contributed by atoms with Gasteiger partial charge in [-0.1, -0.05) is 0 Å². The van der Waals surface area contributed by atoms with Crippen molar-refractivity contribution in [3.05, 3.63) is 16.8 Å². The second kappa shape index (κ2) is 6.83. The number of hydrogen-bond donors (Lipinski definition) is 0. The van der Waals surface area contributed by atoms with Gasteiger partial charge in [0.2, 0.25) is 0 Å². The van der Waals surface area contributed by atoms with Crippen LogP contribution >= 0.6 is 0 Å². The number of piperazine rings is 1. The molecule has 0 unspecified atom stereocenters. The van der Waals surface area contributed by atoms with Gasteiger partial charge in [-0.15, -0.1) is 5.10 Å². The quantitative estimate of drug-likeness (QED) is 0.811. The average Bonchev–Trinajstić information content (AvgIpc) is 2.48. The number of likely N-dealkylation sites (N-methyl/N-ethyl adjacent to an activating group) is 1. The molecule has 1 saturated heterocycles. The van der Waals surface area contributed by atoms with Crippen molar-refractivity contribution >= 4 is 5.82 Å². The number of nitrogens with zero attached hydrogens (tertiary/aromatic N) is 6. The topological polar surface area (TPSA) is 59.3 Å². The number of rotatable bonds is 4. The minimum atomic E-state index is 0.671. The summed E-state index contributed by atoms with van der Waals surface area (Å²) < 4.78 is 0. The number of anilines is 1. The summed E-state index contributed by atoms with van der Waals surface area (Å²) in [4.78, 5) is 6.84. The van der Waals surface area contributed by atoms with E-state index < -0.39 is 0 Å². The summed E-state index contributed by atoms with van der Waals surface area (Å²) >= 11 is 0. The molecule has 0 amide bonds. The van der Waals surface area contributed by atoms with Gasteiger partial charge < -0.3 is 9.80 Å².